The van der Waals surface area contributed by atoms with Gasteiger partial charge in [-0.15, -0.1) is 0 Å². The molecule has 8 nitrogen and oxygen atoms in total. The Bertz CT molecular complexity index is 1170. The molecule has 1 aliphatic heterocycles. The van der Waals surface area contributed by atoms with Crippen molar-refractivity contribution in [1.29, 1.82) is 0 Å². The quantitative estimate of drug-likeness (QED) is 0.406. The van der Waals surface area contributed by atoms with Gasteiger partial charge < -0.3 is 24.1 Å². The summed E-state index contributed by atoms with van der Waals surface area (Å²) in [4.78, 5) is 37.3. The molecule has 0 aromatic heterocycles. The number of benzene rings is 3. The second kappa shape index (κ2) is 10.5. The van der Waals surface area contributed by atoms with Gasteiger partial charge in [0.1, 0.15) is 12.7 Å². The largest absolute Gasteiger partial charge is 0.459 e. The van der Waals surface area contributed by atoms with Crippen LogP contribution in [0.2, 0.25) is 0 Å². The second-order valence-electron chi connectivity index (χ2n) is 7.64. The van der Waals surface area contributed by atoms with E-state index in [1.807, 2.05) is 0 Å². The Morgan fingerprint density at radius 1 is 0.771 bits per heavy atom. The van der Waals surface area contributed by atoms with E-state index in [-0.39, 0.29) is 16.7 Å². The van der Waals surface area contributed by atoms with Gasteiger partial charge in [0.15, 0.2) is 12.2 Å². The molecule has 9 heteroatoms. The van der Waals surface area contributed by atoms with Crippen LogP contribution in [0.15, 0.2) is 91.0 Å². The van der Waals surface area contributed by atoms with Crippen LogP contribution in [0.25, 0.3) is 0 Å². The first kappa shape index (κ1) is 24.1. The van der Waals surface area contributed by atoms with Crippen LogP contribution in [-0.4, -0.2) is 54.0 Å². The van der Waals surface area contributed by atoms with Crippen molar-refractivity contribution in [2.75, 3.05) is 6.61 Å². The van der Waals surface area contributed by atoms with Crippen LogP contribution in [0, 0.1) is 0 Å². The fraction of sp³-hybridized carbons (Fsp3) is 0.192. The van der Waals surface area contributed by atoms with Crippen molar-refractivity contribution in [3.63, 3.8) is 0 Å². The predicted molar refractivity (Wildman–Crippen MR) is 119 cm³/mol. The highest BCUT2D eigenvalue weighted by atomic mass is 18.2. The van der Waals surface area contributed by atoms with Gasteiger partial charge >= 0.3 is 23.9 Å². The molecule has 0 radical (unpaired) electrons. The van der Waals surface area contributed by atoms with E-state index in [1.54, 1.807) is 54.6 Å². The summed E-state index contributed by atoms with van der Waals surface area (Å²) in [7, 11) is 0. The van der Waals surface area contributed by atoms with Crippen molar-refractivity contribution in [2.24, 2.45) is 0 Å². The Labute approximate surface area is 199 Å². The fourth-order valence-electron chi connectivity index (χ4n) is 3.44. The maximum absolute atomic E-state index is 15.6. The Kier molecular flexibility index (Phi) is 7.19. The van der Waals surface area contributed by atoms with Crippen molar-refractivity contribution < 1.29 is 42.8 Å². The minimum Gasteiger partial charge on any atom is -0.459 e. The molecule has 0 amide bonds. The third kappa shape index (κ3) is 5.53. The Hall–Kier alpha value is -4.08. The van der Waals surface area contributed by atoms with Gasteiger partial charge in [-0.05, 0) is 36.4 Å². The van der Waals surface area contributed by atoms with E-state index in [2.05, 4.69) is 0 Å². The van der Waals surface area contributed by atoms with E-state index in [4.69, 9.17) is 18.9 Å². The van der Waals surface area contributed by atoms with Crippen LogP contribution < -0.4 is 0 Å². The first-order valence-corrected chi connectivity index (χ1v) is 10.7. The van der Waals surface area contributed by atoms with Crippen molar-refractivity contribution in [3.8, 4) is 0 Å². The number of aliphatic hydroxyl groups is 1. The van der Waals surface area contributed by atoms with Crippen LogP contribution in [0.3, 0.4) is 0 Å². The Morgan fingerprint density at radius 2 is 1.23 bits per heavy atom. The minimum atomic E-state index is -3.36. The zero-order valence-corrected chi connectivity index (χ0v) is 18.3. The molecule has 1 N–H and O–H groups in total. The maximum Gasteiger partial charge on any atom is 0.396 e. The number of rotatable bonds is 7. The molecule has 1 aliphatic rings. The maximum atomic E-state index is 15.6. The third-order valence-electron chi connectivity index (χ3n) is 5.23. The number of carbonyl (C=O) groups is 3. The van der Waals surface area contributed by atoms with Crippen molar-refractivity contribution >= 4 is 17.9 Å². The Balaban J connectivity index is 1.53. The molecule has 1 unspecified atom stereocenters. The number of halogens is 1. The summed E-state index contributed by atoms with van der Waals surface area (Å²) in [6.45, 7) is -0.591. The highest BCUT2D eigenvalue weighted by Gasteiger charge is 2.61. The van der Waals surface area contributed by atoms with Crippen LogP contribution >= 0.6 is 0 Å². The van der Waals surface area contributed by atoms with Gasteiger partial charge in [0.25, 0.3) is 0 Å². The highest BCUT2D eigenvalue weighted by Crippen LogP contribution is 2.37. The molecule has 3 aromatic rings. The summed E-state index contributed by atoms with van der Waals surface area (Å²) >= 11 is 0. The molecule has 35 heavy (non-hydrogen) atoms. The van der Waals surface area contributed by atoms with E-state index in [1.165, 1.54) is 36.4 Å². The highest BCUT2D eigenvalue weighted by molar-refractivity contribution is 5.90. The molecule has 0 aliphatic carbocycles. The lowest BCUT2D eigenvalue weighted by Gasteiger charge is -2.23. The fourth-order valence-corrected chi connectivity index (χ4v) is 3.44. The SMILES string of the molecule is O=C(OC[C@H]1OC([18F])(OC(=O)c2ccccc2)[C@@H](O)[C@@H]1OC(=O)c1ccccc1)c1ccccc1. The number of hydrogen-bond acceptors (Lipinski definition) is 8. The lowest BCUT2D eigenvalue weighted by molar-refractivity contribution is -0.307. The van der Waals surface area contributed by atoms with Gasteiger partial charge in [-0.25, -0.2) is 14.4 Å². The summed E-state index contributed by atoms with van der Waals surface area (Å²) in [5.74, 6) is -2.73. The number of alkyl halides is 1. The average Bonchev–Trinajstić information content (AvgIpc) is 3.12. The van der Waals surface area contributed by atoms with Crippen LogP contribution in [0.5, 0.6) is 0 Å². The topological polar surface area (TPSA) is 108 Å². The molecule has 3 aromatic carbocycles. The molecule has 1 heterocycles. The van der Waals surface area contributed by atoms with E-state index in [9.17, 15) is 19.5 Å². The predicted octanol–water partition coefficient (Wildman–Crippen LogP) is 3.31. The van der Waals surface area contributed by atoms with Gasteiger partial charge in [0.2, 0.25) is 0 Å². The lowest BCUT2D eigenvalue weighted by Crippen LogP contribution is -2.45. The van der Waals surface area contributed by atoms with Gasteiger partial charge in [-0.1, -0.05) is 54.6 Å². The molecule has 1 fully saturated rings. The van der Waals surface area contributed by atoms with Gasteiger partial charge in [-0.3, -0.25) is 0 Å². The number of carbonyl (C=O) groups excluding carboxylic acids is 3. The first-order chi connectivity index (χ1) is 16.9. The number of ether oxygens (including phenoxy) is 4. The molecule has 4 rings (SSSR count). The lowest BCUT2D eigenvalue weighted by atomic mass is 10.1. The first-order valence-electron chi connectivity index (χ1n) is 10.7. The summed E-state index contributed by atoms with van der Waals surface area (Å²) < 4.78 is 36.1. The third-order valence-corrected chi connectivity index (χ3v) is 5.23. The minimum absolute atomic E-state index is 0.0112. The van der Waals surface area contributed by atoms with E-state index in [0.29, 0.717) is 0 Å². The zero-order chi connectivity index (χ0) is 24.8. The number of aliphatic hydroxyl groups excluding tert-OH is 1. The van der Waals surface area contributed by atoms with E-state index < -0.39 is 48.9 Å². The van der Waals surface area contributed by atoms with Crippen molar-refractivity contribution in [3.05, 3.63) is 108 Å². The van der Waals surface area contributed by atoms with E-state index >= 15 is 4.39 Å². The standard InChI is InChI=1S/C26H21FO8/c27-26(35-25(31)19-14-8-3-9-15-19)22(28)21(33-24(30)18-12-6-2-7-13-18)20(34-26)16-32-23(29)17-10-4-1-5-11-17/h1-15,20-22,28H,16H2/t20-,21-,22+,26?/m1/s1/i27-1. The van der Waals surface area contributed by atoms with Gasteiger partial charge in [0, 0.05) is 0 Å². The van der Waals surface area contributed by atoms with Gasteiger partial charge in [-0.2, -0.15) is 4.39 Å². The molecular weight excluding hydrogens is 458 g/mol. The van der Waals surface area contributed by atoms with Crippen LogP contribution in [0.4, 0.5) is 4.39 Å². The summed E-state index contributed by atoms with van der Waals surface area (Å²) in [6, 6.07) is 20.0. The summed E-state index contributed by atoms with van der Waals surface area (Å²) in [6.07, 6.45) is -5.35. The van der Waals surface area contributed by atoms with Crippen molar-refractivity contribution in [1.82, 2.24) is 0 Å². The molecular formula is C26H21FO8. The number of hydrogen-bond donors (Lipinski definition) is 1. The monoisotopic (exact) mass is 479 g/mol. The van der Waals surface area contributed by atoms with Gasteiger partial charge in [0.05, 0.1) is 16.7 Å². The summed E-state index contributed by atoms with van der Waals surface area (Å²) in [5.41, 5.74) is 0.375. The molecule has 1 saturated heterocycles. The second-order valence-corrected chi connectivity index (χ2v) is 7.64. The molecule has 4 atom stereocenters. The van der Waals surface area contributed by atoms with Crippen LogP contribution in [-0.2, 0) is 18.9 Å². The van der Waals surface area contributed by atoms with E-state index in [0.717, 1.165) is 0 Å². The zero-order valence-electron chi connectivity index (χ0n) is 18.3. The normalized spacial score (nSPS) is 23.3. The Morgan fingerprint density at radius 3 is 1.74 bits per heavy atom. The molecule has 0 spiro atoms. The molecule has 0 bridgehead atoms. The van der Waals surface area contributed by atoms with Crippen LogP contribution in [0.1, 0.15) is 31.1 Å². The molecule has 180 valence electrons. The molecule has 0 saturated carbocycles. The smallest absolute Gasteiger partial charge is 0.396 e. The average molecular weight is 479 g/mol. The van der Waals surface area contributed by atoms with Crippen molar-refractivity contribution in [2.45, 2.75) is 24.4 Å². The summed E-state index contributed by atoms with van der Waals surface area (Å²) in [5, 5.41) is 10.7. The number of esters is 3.